The Hall–Kier alpha value is -2.11. The van der Waals surface area contributed by atoms with E-state index in [2.05, 4.69) is 0 Å². The molecule has 0 saturated carbocycles. The molecule has 0 heterocycles. The summed E-state index contributed by atoms with van der Waals surface area (Å²) in [6, 6.07) is 11.9. The predicted octanol–water partition coefficient (Wildman–Crippen LogP) is 2.00. The van der Waals surface area contributed by atoms with E-state index in [1.165, 1.54) is 12.1 Å². The number of methoxy groups -OCH3 is 1. The predicted molar refractivity (Wildman–Crippen MR) is 67.1 cm³/mol. The SMILES string of the molecule is COc1ccc(COc2cccc([NH2+]O)c2F)cc1. The zero-order valence-corrected chi connectivity index (χ0v) is 10.5. The van der Waals surface area contributed by atoms with Gasteiger partial charge in [-0.3, -0.25) is 0 Å². The lowest BCUT2D eigenvalue weighted by atomic mass is 10.2. The lowest BCUT2D eigenvalue weighted by Gasteiger charge is -2.08. The molecular formula is C14H15FNO3+. The Morgan fingerprint density at radius 1 is 1.16 bits per heavy atom. The fourth-order valence-corrected chi connectivity index (χ4v) is 1.62. The molecule has 0 radical (unpaired) electrons. The van der Waals surface area contributed by atoms with Crippen LogP contribution in [-0.4, -0.2) is 12.3 Å². The largest absolute Gasteiger partial charge is 0.497 e. The van der Waals surface area contributed by atoms with Crippen LogP contribution >= 0.6 is 0 Å². The summed E-state index contributed by atoms with van der Waals surface area (Å²) in [5, 5.41) is 8.85. The number of halogens is 1. The molecule has 2 rings (SSSR count). The minimum Gasteiger partial charge on any atom is -0.497 e. The van der Waals surface area contributed by atoms with Crippen molar-refractivity contribution >= 4 is 5.69 Å². The van der Waals surface area contributed by atoms with E-state index in [9.17, 15) is 4.39 Å². The van der Waals surface area contributed by atoms with Gasteiger partial charge in [0.2, 0.25) is 11.5 Å². The maximum Gasteiger partial charge on any atom is 0.228 e. The molecule has 0 unspecified atom stereocenters. The molecule has 0 aliphatic carbocycles. The molecule has 4 nitrogen and oxygen atoms in total. The van der Waals surface area contributed by atoms with Gasteiger partial charge in [0.1, 0.15) is 12.4 Å². The van der Waals surface area contributed by atoms with E-state index >= 15 is 0 Å². The monoisotopic (exact) mass is 264 g/mol. The van der Waals surface area contributed by atoms with E-state index in [-0.39, 0.29) is 18.0 Å². The van der Waals surface area contributed by atoms with Crippen molar-refractivity contribution in [2.45, 2.75) is 6.61 Å². The normalized spacial score (nSPS) is 10.3. The van der Waals surface area contributed by atoms with Gasteiger partial charge in [-0.05, 0) is 23.8 Å². The van der Waals surface area contributed by atoms with Crippen molar-refractivity contribution in [1.82, 2.24) is 0 Å². The lowest BCUT2D eigenvalue weighted by molar-refractivity contribution is -0.826. The quantitative estimate of drug-likeness (QED) is 0.641. The average molecular weight is 264 g/mol. The third kappa shape index (κ3) is 3.21. The summed E-state index contributed by atoms with van der Waals surface area (Å²) in [4.78, 5) is 0. The zero-order valence-electron chi connectivity index (χ0n) is 10.5. The highest BCUT2D eigenvalue weighted by Gasteiger charge is 2.11. The number of nitrogens with two attached hydrogens (primary N) is 1. The molecule has 2 aromatic rings. The molecule has 0 aromatic heterocycles. The topological polar surface area (TPSA) is 55.3 Å². The van der Waals surface area contributed by atoms with Crippen molar-refractivity contribution in [2.24, 2.45) is 0 Å². The minimum atomic E-state index is -0.571. The summed E-state index contributed by atoms with van der Waals surface area (Å²) in [7, 11) is 1.60. The van der Waals surface area contributed by atoms with Crippen molar-refractivity contribution < 1.29 is 24.6 Å². The Labute approximate surface area is 110 Å². The zero-order chi connectivity index (χ0) is 13.7. The van der Waals surface area contributed by atoms with Crippen LogP contribution in [0.2, 0.25) is 0 Å². The summed E-state index contributed by atoms with van der Waals surface area (Å²) < 4.78 is 24.2. The highest BCUT2D eigenvalue weighted by molar-refractivity contribution is 5.39. The summed E-state index contributed by atoms with van der Waals surface area (Å²) in [5.41, 5.74) is 1.72. The van der Waals surface area contributed by atoms with Gasteiger partial charge in [0.25, 0.3) is 0 Å². The second kappa shape index (κ2) is 6.17. The molecule has 0 saturated heterocycles. The second-order valence-electron chi connectivity index (χ2n) is 3.93. The van der Waals surface area contributed by atoms with E-state index in [0.29, 0.717) is 0 Å². The first kappa shape index (κ1) is 13.3. The smallest absolute Gasteiger partial charge is 0.228 e. The Bertz CT molecular complexity index is 543. The third-order valence-electron chi connectivity index (χ3n) is 2.69. The molecule has 0 spiro atoms. The van der Waals surface area contributed by atoms with Crippen LogP contribution in [0.1, 0.15) is 5.56 Å². The molecule has 0 aliphatic rings. The van der Waals surface area contributed by atoms with Gasteiger partial charge in [-0.2, -0.15) is 9.87 Å². The Morgan fingerprint density at radius 2 is 1.89 bits per heavy atom. The van der Waals surface area contributed by atoms with Crippen LogP contribution in [0.15, 0.2) is 42.5 Å². The number of rotatable bonds is 5. The van der Waals surface area contributed by atoms with Gasteiger partial charge in [-0.1, -0.05) is 18.2 Å². The summed E-state index contributed by atoms with van der Waals surface area (Å²) >= 11 is 0. The van der Waals surface area contributed by atoms with Gasteiger partial charge in [0.05, 0.1) is 7.11 Å². The van der Waals surface area contributed by atoms with Gasteiger partial charge in [0, 0.05) is 6.07 Å². The molecule has 3 N–H and O–H groups in total. The summed E-state index contributed by atoms with van der Waals surface area (Å²) in [6.45, 7) is 0.246. The van der Waals surface area contributed by atoms with Crippen LogP contribution in [0.4, 0.5) is 10.1 Å². The van der Waals surface area contributed by atoms with Crippen molar-refractivity contribution in [3.05, 3.63) is 53.8 Å². The van der Waals surface area contributed by atoms with Crippen LogP contribution in [0, 0.1) is 5.82 Å². The first-order chi connectivity index (χ1) is 9.24. The van der Waals surface area contributed by atoms with E-state index < -0.39 is 5.82 Å². The van der Waals surface area contributed by atoms with Gasteiger partial charge in [-0.25, -0.2) is 5.21 Å². The van der Waals surface area contributed by atoms with Crippen molar-refractivity contribution in [1.29, 1.82) is 0 Å². The number of hydrogen-bond acceptors (Lipinski definition) is 3. The molecule has 100 valence electrons. The van der Waals surface area contributed by atoms with Crippen molar-refractivity contribution in [3.63, 3.8) is 0 Å². The first-order valence-electron chi connectivity index (χ1n) is 5.76. The lowest BCUT2D eigenvalue weighted by Crippen LogP contribution is -2.74. The molecule has 2 aromatic carbocycles. The molecule has 19 heavy (non-hydrogen) atoms. The Morgan fingerprint density at radius 3 is 2.53 bits per heavy atom. The standard InChI is InChI=1S/C14H14FNO3/c1-18-11-7-5-10(6-8-11)9-19-13-4-2-3-12(16-17)14(13)15/h2-8,16-17H,9H2,1H3/p+1. The van der Waals surface area contributed by atoms with E-state index in [4.69, 9.17) is 14.7 Å². The van der Waals surface area contributed by atoms with Crippen molar-refractivity contribution in [3.8, 4) is 11.5 Å². The fourth-order valence-electron chi connectivity index (χ4n) is 1.62. The number of hydrogen-bond donors (Lipinski definition) is 2. The van der Waals surface area contributed by atoms with Crippen LogP contribution in [0.25, 0.3) is 0 Å². The van der Waals surface area contributed by atoms with Gasteiger partial charge in [0.15, 0.2) is 5.75 Å². The van der Waals surface area contributed by atoms with Gasteiger partial charge < -0.3 is 9.47 Å². The van der Waals surface area contributed by atoms with Gasteiger partial charge in [-0.15, -0.1) is 0 Å². The van der Waals surface area contributed by atoms with Gasteiger partial charge >= 0.3 is 0 Å². The average Bonchev–Trinajstić information content (AvgIpc) is 2.47. The number of benzene rings is 2. The minimum absolute atomic E-state index is 0.104. The summed E-state index contributed by atoms with van der Waals surface area (Å²) in [5.74, 6) is 0.295. The maximum absolute atomic E-state index is 13.8. The molecule has 0 fully saturated rings. The number of ether oxygens (including phenoxy) is 2. The van der Waals surface area contributed by atoms with Crippen LogP contribution < -0.4 is 15.0 Å². The van der Waals surface area contributed by atoms with Crippen LogP contribution in [0.5, 0.6) is 11.5 Å². The molecule has 0 aliphatic heterocycles. The third-order valence-corrected chi connectivity index (χ3v) is 2.69. The van der Waals surface area contributed by atoms with Crippen LogP contribution in [-0.2, 0) is 6.61 Å². The molecule has 0 bridgehead atoms. The van der Waals surface area contributed by atoms with E-state index in [1.807, 2.05) is 24.3 Å². The number of quaternary nitrogens is 1. The summed E-state index contributed by atoms with van der Waals surface area (Å²) in [6.07, 6.45) is 0. The van der Waals surface area contributed by atoms with Crippen molar-refractivity contribution in [2.75, 3.05) is 7.11 Å². The second-order valence-corrected chi connectivity index (χ2v) is 3.93. The highest BCUT2D eigenvalue weighted by atomic mass is 19.1. The molecule has 0 atom stereocenters. The molecule has 5 heteroatoms. The maximum atomic E-state index is 13.8. The molecular weight excluding hydrogens is 249 g/mol. The Balaban J connectivity index is 2.05. The Kier molecular flexibility index (Phi) is 4.33. The van der Waals surface area contributed by atoms with Crippen LogP contribution in [0.3, 0.4) is 0 Å². The highest BCUT2D eigenvalue weighted by Crippen LogP contribution is 2.22. The molecule has 0 amide bonds. The first-order valence-corrected chi connectivity index (χ1v) is 5.76. The van der Waals surface area contributed by atoms with E-state index in [1.54, 1.807) is 13.2 Å². The van der Waals surface area contributed by atoms with E-state index in [0.717, 1.165) is 16.8 Å². The fraction of sp³-hybridized carbons (Fsp3) is 0.143.